The molecule has 0 bridgehead atoms. The van der Waals surface area contributed by atoms with Gasteiger partial charge in [0.25, 0.3) is 0 Å². The minimum atomic E-state index is -0.329. The Balaban J connectivity index is 1.55. The molecule has 2 aromatic rings. The van der Waals surface area contributed by atoms with Crippen LogP contribution in [0.1, 0.15) is 18.1 Å². The smallest absolute Gasteiger partial charge is 0.247 e. The zero-order chi connectivity index (χ0) is 21.5. The topological polar surface area (TPSA) is 58.6 Å². The van der Waals surface area contributed by atoms with Gasteiger partial charge in [0.15, 0.2) is 0 Å². The fourth-order valence-corrected chi connectivity index (χ4v) is 3.10. The van der Waals surface area contributed by atoms with E-state index >= 15 is 0 Å². The first kappa shape index (κ1) is 21.6. The number of ether oxygens (including phenoxy) is 1. The average molecular weight is 429 g/mol. The molecule has 0 saturated heterocycles. The molecular weight excluding hydrogens is 407 g/mol. The Hall–Kier alpha value is -3.12. The summed E-state index contributed by atoms with van der Waals surface area (Å²) in [4.78, 5) is 26.1. The van der Waals surface area contributed by atoms with Crippen molar-refractivity contribution in [3.05, 3.63) is 82.2 Å². The number of carbonyl (C=O) groups excluding carboxylic acids is 2. The highest BCUT2D eigenvalue weighted by Crippen LogP contribution is 2.29. The van der Waals surface area contributed by atoms with Crippen LogP contribution in [0.4, 0.5) is 4.39 Å². The lowest BCUT2D eigenvalue weighted by atomic mass is 10.1. The van der Waals surface area contributed by atoms with E-state index < -0.39 is 0 Å². The van der Waals surface area contributed by atoms with Crippen LogP contribution in [0.2, 0.25) is 5.02 Å². The van der Waals surface area contributed by atoms with Crippen molar-refractivity contribution >= 4 is 29.5 Å². The average Bonchev–Trinajstić information content (AvgIpc) is 2.75. The molecule has 2 amide bonds. The maximum atomic E-state index is 12.9. The van der Waals surface area contributed by atoms with Crippen LogP contribution in [0.25, 0.3) is 6.08 Å². The second kappa shape index (κ2) is 10.1. The normalized spacial score (nSPS) is 12.7. The van der Waals surface area contributed by atoms with Crippen LogP contribution in [-0.4, -0.2) is 36.4 Å². The van der Waals surface area contributed by atoms with Gasteiger partial charge in [0.2, 0.25) is 11.8 Å². The van der Waals surface area contributed by atoms with E-state index in [1.807, 2.05) is 12.1 Å². The molecule has 1 N–H and O–H groups in total. The third-order valence-electron chi connectivity index (χ3n) is 4.58. The summed E-state index contributed by atoms with van der Waals surface area (Å²) in [7, 11) is 0. The van der Waals surface area contributed by atoms with Gasteiger partial charge in [-0.25, -0.2) is 4.39 Å². The summed E-state index contributed by atoms with van der Waals surface area (Å²) in [6.45, 7) is 2.76. The van der Waals surface area contributed by atoms with Crippen molar-refractivity contribution in [1.29, 1.82) is 0 Å². The van der Waals surface area contributed by atoms with Crippen molar-refractivity contribution in [3.63, 3.8) is 0 Å². The Labute approximate surface area is 179 Å². The minimum absolute atomic E-state index is 0.0607. The second-order valence-corrected chi connectivity index (χ2v) is 7.22. The molecule has 0 unspecified atom stereocenters. The van der Waals surface area contributed by atoms with E-state index in [4.69, 9.17) is 16.3 Å². The molecule has 2 aromatic carbocycles. The van der Waals surface area contributed by atoms with E-state index in [1.165, 1.54) is 23.1 Å². The molecular formula is C23H22ClFN2O3. The SMILES string of the molecule is CCN(CC(=O)NCc1ccc(F)cc1)C(=O)/C=C/C1=Cc2cc(Cl)ccc2OC1. The molecule has 156 valence electrons. The summed E-state index contributed by atoms with van der Waals surface area (Å²) in [5.41, 5.74) is 2.46. The van der Waals surface area contributed by atoms with Crippen molar-refractivity contribution in [2.75, 3.05) is 19.7 Å². The Morgan fingerprint density at radius 3 is 2.73 bits per heavy atom. The standard InChI is InChI=1S/C23H22ClFN2O3/c1-2-27(14-22(28)26-13-16-3-7-20(25)8-4-16)23(29)10-5-17-11-18-12-19(24)6-9-21(18)30-15-17/h3-12H,2,13-15H2,1H3,(H,26,28)/b10-5+. The monoisotopic (exact) mass is 428 g/mol. The number of amides is 2. The third-order valence-corrected chi connectivity index (χ3v) is 4.81. The van der Waals surface area contributed by atoms with Crippen molar-refractivity contribution in [2.45, 2.75) is 13.5 Å². The highest BCUT2D eigenvalue weighted by molar-refractivity contribution is 6.30. The molecule has 0 fully saturated rings. The summed E-state index contributed by atoms with van der Waals surface area (Å²) in [6, 6.07) is 11.3. The quantitative estimate of drug-likeness (QED) is 0.679. The number of likely N-dealkylation sites (N-methyl/N-ethyl adjacent to an activating group) is 1. The van der Waals surface area contributed by atoms with Crippen molar-refractivity contribution in [2.24, 2.45) is 0 Å². The maximum absolute atomic E-state index is 12.9. The number of halogens is 2. The van der Waals surface area contributed by atoms with Gasteiger partial charge in [-0.3, -0.25) is 9.59 Å². The number of benzene rings is 2. The number of fused-ring (bicyclic) bond motifs is 1. The summed E-state index contributed by atoms with van der Waals surface area (Å²) >= 11 is 6.01. The zero-order valence-corrected chi connectivity index (χ0v) is 17.3. The van der Waals surface area contributed by atoms with Crippen LogP contribution in [0.15, 0.2) is 60.2 Å². The summed E-state index contributed by atoms with van der Waals surface area (Å²) in [6.07, 6.45) is 5.03. The summed E-state index contributed by atoms with van der Waals surface area (Å²) < 4.78 is 18.6. The first-order valence-corrected chi connectivity index (χ1v) is 9.93. The van der Waals surface area contributed by atoms with Crippen LogP contribution in [-0.2, 0) is 16.1 Å². The molecule has 30 heavy (non-hydrogen) atoms. The highest BCUT2D eigenvalue weighted by Gasteiger charge is 2.14. The van der Waals surface area contributed by atoms with Gasteiger partial charge in [-0.1, -0.05) is 29.8 Å². The van der Waals surface area contributed by atoms with Crippen molar-refractivity contribution in [3.8, 4) is 5.75 Å². The summed E-state index contributed by atoms with van der Waals surface area (Å²) in [5, 5.41) is 3.35. The van der Waals surface area contributed by atoms with Gasteiger partial charge < -0.3 is 15.0 Å². The largest absolute Gasteiger partial charge is 0.488 e. The molecule has 0 atom stereocenters. The predicted molar refractivity (Wildman–Crippen MR) is 115 cm³/mol. The summed E-state index contributed by atoms with van der Waals surface area (Å²) in [5.74, 6) is -0.139. The molecule has 1 aliphatic rings. The minimum Gasteiger partial charge on any atom is -0.488 e. The lowest BCUT2D eigenvalue weighted by Gasteiger charge is -2.19. The van der Waals surface area contributed by atoms with E-state index in [2.05, 4.69) is 5.32 Å². The number of rotatable bonds is 7. The number of hydrogen-bond acceptors (Lipinski definition) is 3. The van der Waals surface area contributed by atoms with Crippen LogP contribution >= 0.6 is 11.6 Å². The van der Waals surface area contributed by atoms with Gasteiger partial charge in [-0.2, -0.15) is 0 Å². The fraction of sp³-hybridized carbons (Fsp3) is 0.217. The molecule has 1 heterocycles. The molecule has 0 saturated carbocycles. The van der Waals surface area contributed by atoms with Crippen molar-refractivity contribution in [1.82, 2.24) is 10.2 Å². The van der Waals surface area contributed by atoms with Crippen LogP contribution in [0.5, 0.6) is 5.75 Å². The molecule has 0 radical (unpaired) electrons. The molecule has 0 spiro atoms. The first-order valence-electron chi connectivity index (χ1n) is 9.55. The Morgan fingerprint density at radius 1 is 1.23 bits per heavy atom. The Bertz CT molecular complexity index is 986. The van der Waals surface area contributed by atoms with E-state index in [0.717, 1.165) is 22.4 Å². The fourth-order valence-electron chi connectivity index (χ4n) is 2.92. The van der Waals surface area contributed by atoms with E-state index in [9.17, 15) is 14.0 Å². The maximum Gasteiger partial charge on any atom is 0.247 e. The molecule has 0 aliphatic carbocycles. The van der Waals surface area contributed by atoms with Crippen molar-refractivity contribution < 1.29 is 18.7 Å². The second-order valence-electron chi connectivity index (χ2n) is 6.78. The number of carbonyl (C=O) groups is 2. The Morgan fingerprint density at radius 2 is 2.00 bits per heavy atom. The highest BCUT2D eigenvalue weighted by atomic mass is 35.5. The molecule has 0 aromatic heterocycles. The first-order chi connectivity index (χ1) is 14.4. The number of nitrogens with one attached hydrogen (secondary N) is 1. The van der Waals surface area contributed by atoms with Crippen LogP contribution < -0.4 is 10.1 Å². The van der Waals surface area contributed by atoms with Crippen LogP contribution in [0, 0.1) is 5.82 Å². The van der Waals surface area contributed by atoms with E-state index in [-0.39, 0.29) is 30.7 Å². The third kappa shape index (κ3) is 5.94. The number of nitrogens with zero attached hydrogens (tertiary/aromatic N) is 1. The predicted octanol–water partition coefficient (Wildman–Crippen LogP) is 3.98. The van der Waals surface area contributed by atoms with E-state index in [1.54, 1.807) is 37.3 Å². The molecule has 3 rings (SSSR count). The van der Waals surface area contributed by atoms with Gasteiger partial charge >= 0.3 is 0 Å². The Kier molecular flexibility index (Phi) is 7.25. The molecule has 1 aliphatic heterocycles. The van der Waals surface area contributed by atoms with Gasteiger partial charge in [0, 0.05) is 29.8 Å². The van der Waals surface area contributed by atoms with Gasteiger partial charge in [-0.15, -0.1) is 0 Å². The van der Waals surface area contributed by atoms with E-state index in [0.29, 0.717) is 18.2 Å². The lowest BCUT2D eigenvalue weighted by molar-refractivity contribution is -0.132. The lowest BCUT2D eigenvalue weighted by Crippen LogP contribution is -2.39. The van der Waals surface area contributed by atoms with Crippen LogP contribution in [0.3, 0.4) is 0 Å². The zero-order valence-electron chi connectivity index (χ0n) is 16.5. The van der Waals surface area contributed by atoms with Gasteiger partial charge in [0.1, 0.15) is 18.2 Å². The molecule has 5 nitrogen and oxygen atoms in total. The molecule has 7 heteroatoms. The van der Waals surface area contributed by atoms with Gasteiger partial charge in [-0.05, 0) is 54.5 Å². The van der Waals surface area contributed by atoms with Gasteiger partial charge in [0.05, 0.1) is 6.54 Å². The number of hydrogen-bond donors (Lipinski definition) is 1.